The molecule has 0 aliphatic carbocycles. The Morgan fingerprint density at radius 2 is 1.67 bits per heavy atom. The second-order valence-corrected chi connectivity index (χ2v) is 10.3. The molecule has 82 valence electrons. The quantitative estimate of drug-likeness (QED) is 0.601. The molecule has 0 fully saturated rings. The highest BCUT2D eigenvalue weighted by Gasteiger charge is 2.20. The monoisotopic (exact) mass is 350 g/mol. The number of rotatable bonds is 3. The molecule has 0 aliphatic rings. The first-order valence-electron chi connectivity index (χ1n) is 4.47. The largest absolute Gasteiger partial charge is 0.543 e. The number of benzene rings is 1. The van der Waals surface area contributed by atoms with Gasteiger partial charge < -0.3 is 4.43 Å². The Bertz CT molecular complexity index is 362. The Morgan fingerprint density at radius 1 is 1.20 bits per heavy atom. The molecule has 0 heterocycles. The second kappa shape index (κ2) is 4.80. The zero-order valence-electron chi connectivity index (χ0n) is 8.80. The summed E-state index contributed by atoms with van der Waals surface area (Å²) in [5.74, 6) is 0.778. The molecule has 1 aromatic carbocycles. The third kappa shape index (κ3) is 3.73. The molecule has 1 rings (SSSR count). The van der Waals surface area contributed by atoms with Gasteiger partial charge in [0.2, 0.25) is 8.32 Å². The highest BCUT2D eigenvalue weighted by atomic mass is 79.9. The van der Waals surface area contributed by atoms with Crippen LogP contribution in [0.5, 0.6) is 5.75 Å². The van der Waals surface area contributed by atoms with Crippen LogP contribution in [0.25, 0.3) is 0 Å². The van der Waals surface area contributed by atoms with Crippen LogP contribution in [-0.2, 0) is 0 Å². The van der Waals surface area contributed by atoms with E-state index in [2.05, 4.69) is 51.5 Å². The third-order valence-electron chi connectivity index (χ3n) is 1.56. The molecule has 0 atom stereocenters. The van der Waals surface area contributed by atoms with Crippen LogP contribution in [0.15, 0.2) is 21.1 Å². The third-order valence-corrected chi connectivity index (χ3v) is 3.56. The molecule has 0 spiro atoms. The molecule has 0 aromatic heterocycles. The van der Waals surface area contributed by atoms with Crippen LogP contribution in [0, 0.1) is 0 Å². The fraction of sp³-hybridized carbons (Fsp3) is 0.300. The second-order valence-electron chi connectivity index (χ2n) is 4.15. The molecule has 0 bridgehead atoms. The van der Waals surface area contributed by atoms with E-state index >= 15 is 0 Å². The molecule has 5 heteroatoms. The van der Waals surface area contributed by atoms with Crippen molar-refractivity contribution < 1.29 is 9.22 Å². The van der Waals surface area contributed by atoms with Crippen molar-refractivity contribution in [3.8, 4) is 5.75 Å². The maximum absolute atomic E-state index is 10.6. The smallest absolute Gasteiger partial charge is 0.242 e. The Kier molecular flexibility index (Phi) is 4.14. The van der Waals surface area contributed by atoms with Crippen LogP contribution >= 0.6 is 31.9 Å². The summed E-state index contributed by atoms with van der Waals surface area (Å²) >= 11 is 6.80. The van der Waals surface area contributed by atoms with Gasteiger partial charge in [0, 0.05) is 5.56 Å². The summed E-state index contributed by atoms with van der Waals surface area (Å²) < 4.78 is 7.51. The minimum atomic E-state index is -1.64. The molecule has 0 saturated carbocycles. The molecule has 0 aliphatic heterocycles. The highest BCUT2D eigenvalue weighted by Crippen LogP contribution is 2.35. The molecule has 0 unspecified atom stereocenters. The van der Waals surface area contributed by atoms with Crippen LogP contribution < -0.4 is 4.43 Å². The van der Waals surface area contributed by atoms with Crippen molar-refractivity contribution >= 4 is 46.5 Å². The van der Waals surface area contributed by atoms with E-state index < -0.39 is 8.32 Å². The Labute approximate surface area is 107 Å². The summed E-state index contributed by atoms with van der Waals surface area (Å²) in [6.45, 7) is 6.33. The van der Waals surface area contributed by atoms with Crippen molar-refractivity contribution in [3.63, 3.8) is 0 Å². The van der Waals surface area contributed by atoms with Gasteiger partial charge in [0.15, 0.2) is 0 Å². The SMILES string of the molecule is C[Si](C)(C)Oc1c(Br)cc(C=O)cc1Br. The van der Waals surface area contributed by atoms with E-state index in [4.69, 9.17) is 4.43 Å². The van der Waals surface area contributed by atoms with Crippen LogP contribution in [-0.4, -0.2) is 14.6 Å². The topological polar surface area (TPSA) is 26.3 Å². The van der Waals surface area contributed by atoms with Crippen LogP contribution in [0.3, 0.4) is 0 Å². The molecule has 2 nitrogen and oxygen atoms in total. The van der Waals surface area contributed by atoms with Gasteiger partial charge in [0.05, 0.1) is 8.95 Å². The van der Waals surface area contributed by atoms with E-state index in [1.54, 1.807) is 12.1 Å². The Balaban J connectivity index is 3.14. The molecule has 0 radical (unpaired) electrons. The van der Waals surface area contributed by atoms with Gasteiger partial charge >= 0.3 is 0 Å². The normalized spacial score (nSPS) is 11.3. The molecule has 0 saturated heterocycles. The van der Waals surface area contributed by atoms with Gasteiger partial charge in [0.25, 0.3) is 0 Å². The lowest BCUT2D eigenvalue weighted by Gasteiger charge is -2.21. The van der Waals surface area contributed by atoms with Crippen LogP contribution in [0.2, 0.25) is 19.6 Å². The fourth-order valence-electron chi connectivity index (χ4n) is 1.05. The van der Waals surface area contributed by atoms with Crippen molar-refractivity contribution in [2.75, 3.05) is 0 Å². The highest BCUT2D eigenvalue weighted by molar-refractivity contribution is 9.11. The molecule has 15 heavy (non-hydrogen) atoms. The first-order chi connectivity index (χ1) is 6.83. The van der Waals surface area contributed by atoms with Gasteiger partial charge in [-0.05, 0) is 63.6 Å². The van der Waals surface area contributed by atoms with E-state index in [-0.39, 0.29) is 0 Å². The average Bonchev–Trinajstić information content (AvgIpc) is 2.09. The van der Waals surface area contributed by atoms with Gasteiger partial charge in [0.1, 0.15) is 12.0 Å². The summed E-state index contributed by atoms with van der Waals surface area (Å²) in [6, 6.07) is 3.51. The first-order valence-corrected chi connectivity index (χ1v) is 9.46. The first kappa shape index (κ1) is 12.9. The number of halogens is 2. The maximum atomic E-state index is 10.6. The number of hydrogen-bond acceptors (Lipinski definition) is 2. The van der Waals surface area contributed by atoms with E-state index in [0.29, 0.717) is 5.56 Å². The summed E-state index contributed by atoms with van der Waals surface area (Å²) in [7, 11) is -1.64. The minimum absolute atomic E-state index is 0.622. The number of aldehydes is 1. The predicted octanol–water partition coefficient (Wildman–Crippen LogP) is 4.24. The number of carbonyl (C=O) groups is 1. The van der Waals surface area contributed by atoms with Crippen LogP contribution in [0.4, 0.5) is 0 Å². The predicted molar refractivity (Wildman–Crippen MR) is 71.2 cm³/mol. The molecule has 0 amide bonds. The summed E-state index contributed by atoms with van der Waals surface area (Å²) in [5, 5.41) is 0. The van der Waals surface area contributed by atoms with Gasteiger partial charge in [-0.25, -0.2) is 0 Å². The lowest BCUT2D eigenvalue weighted by molar-refractivity contribution is 0.112. The van der Waals surface area contributed by atoms with E-state index in [9.17, 15) is 4.79 Å². The summed E-state index contributed by atoms with van der Waals surface area (Å²) in [4.78, 5) is 10.6. The molecule has 0 N–H and O–H groups in total. The van der Waals surface area contributed by atoms with Crippen LogP contribution in [0.1, 0.15) is 10.4 Å². The van der Waals surface area contributed by atoms with Gasteiger partial charge in [-0.15, -0.1) is 0 Å². The lowest BCUT2D eigenvalue weighted by Crippen LogP contribution is -2.29. The van der Waals surface area contributed by atoms with Gasteiger partial charge in [-0.2, -0.15) is 0 Å². The van der Waals surface area contributed by atoms with E-state index in [1.807, 2.05) is 0 Å². The Morgan fingerprint density at radius 3 is 2.00 bits per heavy atom. The zero-order valence-corrected chi connectivity index (χ0v) is 13.0. The van der Waals surface area contributed by atoms with Gasteiger partial charge in [-0.3, -0.25) is 4.79 Å². The van der Waals surface area contributed by atoms with Crippen molar-refractivity contribution in [1.29, 1.82) is 0 Å². The van der Waals surface area contributed by atoms with Crippen molar-refractivity contribution in [2.45, 2.75) is 19.6 Å². The Hall–Kier alpha value is -0.133. The molecule has 1 aromatic rings. The number of carbonyl (C=O) groups excluding carboxylic acids is 1. The molecular formula is C10H12Br2O2Si. The lowest BCUT2D eigenvalue weighted by atomic mass is 10.2. The number of hydrogen-bond donors (Lipinski definition) is 0. The standard InChI is InChI=1S/C10H12Br2O2Si/c1-15(2,3)14-10-8(11)4-7(6-13)5-9(10)12/h4-6H,1-3H3. The van der Waals surface area contributed by atoms with Crippen molar-refractivity contribution in [1.82, 2.24) is 0 Å². The molecular weight excluding hydrogens is 340 g/mol. The fourth-order valence-corrected chi connectivity index (χ4v) is 3.57. The van der Waals surface area contributed by atoms with Gasteiger partial charge in [-0.1, -0.05) is 0 Å². The van der Waals surface area contributed by atoms with E-state index in [1.165, 1.54) is 0 Å². The van der Waals surface area contributed by atoms with Crippen molar-refractivity contribution in [2.24, 2.45) is 0 Å². The van der Waals surface area contributed by atoms with E-state index in [0.717, 1.165) is 21.0 Å². The summed E-state index contributed by atoms with van der Waals surface area (Å²) in [6.07, 6.45) is 0.813. The zero-order chi connectivity index (χ0) is 11.6. The maximum Gasteiger partial charge on any atom is 0.242 e. The van der Waals surface area contributed by atoms with Crippen molar-refractivity contribution in [3.05, 3.63) is 26.6 Å². The average molecular weight is 352 g/mol. The summed E-state index contributed by atoms with van der Waals surface area (Å²) in [5.41, 5.74) is 0.622. The minimum Gasteiger partial charge on any atom is -0.543 e.